The van der Waals surface area contributed by atoms with Gasteiger partial charge in [0.1, 0.15) is 11.6 Å². The van der Waals surface area contributed by atoms with Crippen molar-refractivity contribution in [3.8, 4) is 0 Å². The Labute approximate surface area is 201 Å². The molecule has 4 nitrogen and oxygen atoms in total. The third kappa shape index (κ3) is 5.43. The van der Waals surface area contributed by atoms with Crippen molar-refractivity contribution in [3.63, 3.8) is 0 Å². The zero-order chi connectivity index (χ0) is 23.5. The van der Waals surface area contributed by atoms with E-state index in [1.54, 1.807) is 12.1 Å². The lowest BCUT2D eigenvalue weighted by atomic mass is 9.88. The number of carbonyl (C=O) groups is 1. The molecule has 3 fully saturated rings. The number of piperazine rings is 1. The number of hydrogen-bond donors (Lipinski definition) is 0. The van der Waals surface area contributed by atoms with Crippen molar-refractivity contribution in [2.24, 2.45) is 11.8 Å². The topological polar surface area (TPSA) is 26.8 Å². The summed E-state index contributed by atoms with van der Waals surface area (Å²) >= 11 is 0. The number of benzene rings is 2. The van der Waals surface area contributed by atoms with Crippen LogP contribution in [0.2, 0.25) is 0 Å². The lowest BCUT2D eigenvalue weighted by Crippen LogP contribution is -2.48. The van der Waals surface area contributed by atoms with Crippen LogP contribution in [-0.4, -0.2) is 61.5 Å². The Morgan fingerprint density at radius 3 is 2.32 bits per heavy atom. The summed E-state index contributed by atoms with van der Waals surface area (Å²) in [5.74, 6) is 0.861. The summed E-state index contributed by atoms with van der Waals surface area (Å²) in [6.45, 7) is 6.01. The van der Waals surface area contributed by atoms with Crippen LogP contribution < -0.4 is 4.90 Å². The van der Waals surface area contributed by atoms with E-state index in [1.165, 1.54) is 43.9 Å². The molecule has 0 aromatic heterocycles. The second-order valence-corrected chi connectivity index (χ2v) is 10.3. The molecule has 2 heterocycles. The van der Waals surface area contributed by atoms with Gasteiger partial charge >= 0.3 is 0 Å². The maximum atomic E-state index is 14.0. The first-order chi connectivity index (χ1) is 16.5. The molecule has 1 aliphatic carbocycles. The summed E-state index contributed by atoms with van der Waals surface area (Å²) in [5.41, 5.74) is 2.06. The maximum absolute atomic E-state index is 14.0. The quantitative estimate of drug-likeness (QED) is 0.604. The van der Waals surface area contributed by atoms with Crippen LogP contribution in [0, 0.1) is 23.5 Å². The second-order valence-electron chi connectivity index (χ2n) is 10.3. The van der Waals surface area contributed by atoms with E-state index >= 15 is 0 Å². The van der Waals surface area contributed by atoms with E-state index in [1.807, 2.05) is 23.1 Å². The Hall–Kier alpha value is -2.47. The van der Waals surface area contributed by atoms with Gasteiger partial charge in [0.15, 0.2) is 0 Å². The van der Waals surface area contributed by atoms with E-state index in [2.05, 4.69) is 9.80 Å². The summed E-state index contributed by atoms with van der Waals surface area (Å²) in [6, 6.07) is 13.7. The van der Waals surface area contributed by atoms with Crippen molar-refractivity contribution in [2.45, 2.75) is 38.0 Å². The molecule has 2 aromatic rings. The molecule has 6 heteroatoms. The largest absolute Gasteiger partial charge is 0.369 e. The van der Waals surface area contributed by atoms with Gasteiger partial charge in [0.25, 0.3) is 0 Å². The standard InChI is InChI=1S/C28H35F2N3O/c29-24-8-10-26(11-9-24)32-14-12-31(13-15-32)18-23-19-33(28(34)16-21-4-1-2-5-21)20-27(23)22-6-3-7-25(30)17-22/h3,6-11,17,21,23,27H,1-2,4-5,12-16,18-20H2/t23-,27+/m1/s1. The van der Waals surface area contributed by atoms with E-state index < -0.39 is 0 Å². The van der Waals surface area contributed by atoms with Crippen molar-refractivity contribution in [3.05, 3.63) is 65.7 Å². The van der Waals surface area contributed by atoms with Crippen LogP contribution >= 0.6 is 0 Å². The Balaban J connectivity index is 1.23. The summed E-state index contributed by atoms with van der Waals surface area (Å²) in [6.07, 6.45) is 5.51. The molecular formula is C28H35F2N3O. The molecule has 0 spiro atoms. The first-order valence-electron chi connectivity index (χ1n) is 12.8. The van der Waals surface area contributed by atoms with Crippen LogP contribution in [0.4, 0.5) is 14.5 Å². The van der Waals surface area contributed by atoms with Gasteiger partial charge in [-0.1, -0.05) is 25.0 Å². The summed E-state index contributed by atoms with van der Waals surface area (Å²) < 4.78 is 27.3. The maximum Gasteiger partial charge on any atom is 0.222 e. The molecule has 2 saturated heterocycles. The first-order valence-corrected chi connectivity index (χ1v) is 12.8. The number of carbonyl (C=O) groups excluding carboxylic acids is 1. The van der Waals surface area contributed by atoms with Gasteiger partial charge in [-0.15, -0.1) is 0 Å². The fourth-order valence-electron chi connectivity index (χ4n) is 6.14. The van der Waals surface area contributed by atoms with Crippen molar-refractivity contribution < 1.29 is 13.6 Å². The number of nitrogens with zero attached hydrogens (tertiary/aromatic N) is 3. The number of halogens is 2. The van der Waals surface area contributed by atoms with Gasteiger partial charge in [0, 0.05) is 63.8 Å². The van der Waals surface area contributed by atoms with Crippen molar-refractivity contribution in [2.75, 3.05) is 50.7 Å². The minimum atomic E-state index is -0.209. The number of amides is 1. The van der Waals surface area contributed by atoms with Crippen LogP contribution in [0.25, 0.3) is 0 Å². The van der Waals surface area contributed by atoms with Gasteiger partial charge in [-0.25, -0.2) is 8.78 Å². The van der Waals surface area contributed by atoms with Crippen LogP contribution in [0.1, 0.15) is 43.6 Å². The highest BCUT2D eigenvalue weighted by Crippen LogP contribution is 2.36. The zero-order valence-corrected chi connectivity index (χ0v) is 19.8. The number of hydrogen-bond acceptors (Lipinski definition) is 3. The van der Waals surface area contributed by atoms with E-state index in [4.69, 9.17) is 0 Å². The lowest BCUT2D eigenvalue weighted by molar-refractivity contribution is -0.131. The first kappa shape index (κ1) is 23.3. The Morgan fingerprint density at radius 1 is 0.882 bits per heavy atom. The summed E-state index contributed by atoms with van der Waals surface area (Å²) in [4.78, 5) is 19.9. The predicted molar refractivity (Wildman–Crippen MR) is 131 cm³/mol. The van der Waals surface area contributed by atoms with Crippen molar-refractivity contribution >= 4 is 11.6 Å². The third-order valence-electron chi connectivity index (χ3n) is 8.07. The molecule has 2 atom stereocenters. The summed E-state index contributed by atoms with van der Waals surface area (Å²) in [7, 11) is 0. The van der Waals surface area contributed by atoms with Crippen LogP contribution in [-0.2, 0) is 4.79 Å². The Bertz CT molecular complexity index is 968. The van der Waals surface area contributed by atoms with Gasteiger partial charge in [-0.3, -0.25) is 9.69 Å². The SMILES string of the molecule is O=C(CC1CCCC1)N1C[C@@H](CN2CCN(c3ccc(F)cc3)CC2)[C@H](c2cccc(F)c2)C1. The van der Waals surface area contributed by atoms with E-state index in [9.17, 15) is 13.6 Å². The van der Waals surface area contributed by atoms with Crippen LogP contribution in [0.15, 0.2) is 48.5 Å². The van der Waals surface area contributed by atoms with Crippen LogP contribution in [0.3, 0.4) is 0 Å². The molecule has 5 rings (SSSR count). The van der Waals surface area contributed by atoms with Crippen LogP contribution in [0.5, 0.6) is 0 Å². The highest BCUT2D eigenvalue weighted by Gasteiger charge is 2.38. The van der Waals surface area contributed by atoms with Crippen molar-refractivity contribution in [1.82, 2.24) is 9.80 Å². The second kappa shape index (κ2) is 10.4. The smallest absolute Gasteiger partial charge is 0.222 e. The lowest BCUT2D eigenvalue weighted by Gasteiger charge is -2.37. The fourth-order valence-corrected chi connectivity index (χ4v) is 6.14. The zero-order valence-electron chi connectivity index (χ0n) is 19.8. The van der Waals surface area contributed by atoms with E-state index in [-0.39, 0.29) is 23.5 Å². The highest BCUT2D eigenvalue weighted by molar-refractivity contribution is 5.77. The van der Waals surface area contributed by atoms with Crippen molar-refractivity contribution in [1.29, 1.82) is 0 Å². The number of anilines is 1. The van der Waals surface area contributed by atoms with Gasteiger partial charge in [0.05, 0.1) is 0 Å². The number of rotatable bonds is 6. The molecule has 0 N–H and O–H groups in total. The minimum Gasteiger partial charge on any atom is -0.369 e. The number of likely N-dealkylation sites (tertiary alicyclic amines) is 1. The summed E-state index contributed by atoms with van der Waals surface area (Å²) in [5, 5.41) is 0. The molecule has 182 valence electrons. The molecule has 0 unspecified atom stereocenters. The van der Waals surface area contributed by atoms with Gasteiger partial charge in [-0.2, -0.15) is 0 Å². The highest BCUT2D eigenvalue weighted by atomic mass is 19.1. The van der Waals surface area contributed by atoms with Gasteiger partial charge < -0.3 is 9.80 Å². The van der Waals surface area contributed by atoms with E-state index in [0.717, 1.165) is 50.5 Å². The Kier molecular flexibility index (Phi) is 7.14. The predicted octanol–water partition coefficient (Wildman–Crippen LogP) is 4.91. The average molecular weight is 468 g/mol. The van der Waals surface area contributed by atoms with Gasteiger partial charge in [-0.05, 0) is 66.6 Å². The molecular weight excluding hydrogens is 432 g/mol. The molecule has 1 amide bonds. The molecule has 1 saturated carbocycles. The molecule has 2 aliphatic heterocycles. The normalized spacial score (nSPS) is 24.2. The molecule has 3 aliphatic rings. The van der Waals surface area contributed by atoms with E-state index in [0.29, 0.717) is 24.8 Å². The average Bonchev–Trinajstić information content (AvgIpc) is 3.50. The minimum absolute atomic E-state index is 0.165. The fraction of sp³-hybridized carbons (Fsp3) is 0.536. The Morgan fingerprint density at radius 2 is 1.62 bits per heavy atom. The monoisotopic (exact) mass is 467 g/mol. The molecule has 34 heavy (non-hydrogen) atoms. The molecule has 0 bridgehead atoms. The third-order valence-corrected chi connectivity index (χ3v) is 8.07. The molecule has 0 radical (unpaired) electrons. The molecule has 2 aromatic carbocycles. The van der Waals surface area contributed by atoms with Gasteiger partial charge in [0.2, 0.25) is 5.91 Å².